The second kappa shape index (κ2) is 7.44. The number of aromatic nitrogens is 2. The van der Waals surface area contributed by atoms with Crippen molar-refractivity contribution in [2.45, 2.75) is 13.8 Å². The van der Waals surface area contributed by atoms with Gasteiger partial charge in [0.05, 0.1) is 0 Å². The average molecular weight is 397 g/mol. The molecule has 0 aliphatic carbocycles. The van der Waals surface area contributed by atoms with Gasteiger partial charge in [-0.3, -0.25) is 4.79 Å². The molecule has 1 aromatic heterocycles. The Kier molecular flexibility index (Phi) is 5.09. The summed E-state index contributed by atoms with van der Waals surface area (Å²) in [4.78, 5) is 21.1. The molecule has 25 heavy (non-hydrogen) atoms. The van der Waals surface area contributed by atoms with Crippen molar-refractivity contribution in [2.75, 3.05) is 10.6 Å². The molecule has 5 nitrogen and oxygen atoms in total. The average Bonchev–Trinajstić information content (AvgIpc) is 2.58. The van der Waals surface area contributed by atoms with E-state index >= 15 is 0 Å². The van der Waals surface area contributed by atoms with Crippen LogP contribution in [-0.4, -0.2) is 15.9 Å². The summed E-state index contributed by atoms with van der Waals surface area (Å²) in [7, 11) is 0. The highest BCUT2D eigenvalue weighted by Crippen LogP contribution is 2.17. The number of carbonyl (C=O) groups excluding carboxylic acids is 1. The molecule has 0 saturated heterocycles. The topological polar surface area (TPSA) is 66.9 Å². The van der Waals surface area contributed by atoms with E-state index in [9.17, 15) is 4.79 Å². The van der Waals surface area contributed by atoms with Gasteiger partial charge >= 0.3 is 0 Å². The van der Waals surface area contributed by atoms with Crippen LogP contribution in [0.4, 0.5) is 17.3 Å². The molecule has 0 aliphatic heterocycles. The van der Waals surface area contributed by atoms with Gasteiger partial charge in [-0.05, 0) is 56.3 Å². The molecule has 1 amide bonds. The van der Waals surface area contributed by atoms with E-state index in [1.165, 1.54) is 5.56 Å². The first kappa shape index (κ1) is 17.1. The summed E-state index contributed by atoms with van der Waals surface area (Å²) in [6.45, 7) is 3.86. The summed E-state index contributed by atoms with van der Waals surface area (Å²) >= 11 is 3.37. The number of nitrogens with one attached hydrogen (secondary N) is 2. The zero-order valence-corrected chi connectivity index (χ0v) is 15.5. The standard InChI is InChI=1S/C19H17BrN4O/c1-12-3-7-16(8-4-12)23-19-21-13(2)11-17(24-19)18(25)22-15-9-5-14(20)6-10-15/h3-11H,1-2H3,(H,22,25)(H,21,23,24). The molecule has 0 radical (unpaired) electrons. The molecule has 6 heteroatoms. The predicted molar refractivity (Wildman–Crippen MR) is 103 cm³/mol. The van der Waals surface area contributed by atoms with E-state index in [-0.39, 0.29) is 5.91 Å². The number of hydrogen-bond donors (Lipinski definition) is 2. The minimum atomic E-state index is -0.278. The largest absolute Gasteiger partial charge is 0.324 e. The lowest BCUT2D eigenvalue weighted by Crippen LogP contribution is -2.15. The number of hydrogen-bond acceptors (Lipinski definition) is 4. The second-order valence-corrected chi connectivity index (χ2v) is 6.59. The van der Waals surface area contributed by atoms with Crippen LogP contribution in [0.3, 0.4) is 0 Å². The fourth-order valence-electron chi connectivity index (χ4n) is 2.24. The Morgan fingerprint density at radius 1 is 0.920 bits per heavy atom. The molecule has 0 unspecified atom stereocenters. The zero-order valence-electron chi connectivity index (χ0n) is 13.9. The summed E-state index contributed by atoms with van der Waals surface area (Å²) in [5, 5.41) is 5.96. The fraction of sp³-hybridized carbons (Fsp3) is 0.105. The van der Waals surface area contributed by atoms with Gasteiger partial charge in [0.25, 0.3) is 5.91 Å². The van der Waals surface area contributed by atoms with Crippen molar-refractivity contribution in [2.24, 2.45) is 0 Å². The van der Waals surface area contributed by atoms with Crippen molar-refractivity contribution in [3.63, 3.8) is 0 Å². The summed E-state index contributed by atoms with van der Waals surface area (Å²) in [6, 6.07) is 16.9. The Morgan fingerprint density at radius 2 is 1.56 bits per heavy atom. The summed E-state index contributed by atoms with van der Waals surface area (Å²) in [5.41, 5.74) is 3.77. The maximum atomic E-state index is 12.5. The first-order valence-electron chi connectivity index (χ1n) is 7.76. The van der Waals surface area contributed by atoms with E-state index in [1.807, 2.05) is 62.4 Å². The molecule has 0 saturated carbocycles. The van der Waals surface area contributed by atoms with Crippen LogP contribution in [0.15, 0.2) is 59.1 Å². The van der Waals surface area contributed by atoms with Crippen LogP contribution in [-0.2, 0) is 0 Å². The van der Waals surface area contributed by atoms with Gasteiger partial charge in [0, 0.05) is 21.5 Å². The van der Waals surface area contributed by atoms with Gasteiger partial charge in [-0.15, -0.1) is 0 Å². The van der Waals surface area contributed by atoms with Crippen molar-refractivity contribution in [1.82, 2.24) is 9.97 Å². The monoisotopic (exact) mass is 396 g/mol. The third-order valence-electron chi connectivity index (χ3n) is 3.50. The Bertz CT molecular complexity index is 892. The van der Waals surface area contributed by atoms with Gasteiger partial charge in [-0.25, -0.2) is 9.97 Å². The van der Waals surface area contributed by atoms with Crippen molar-refractivity contribution < 1.29 is 4.79 Å². The van der Waals surface area contributed by atoms with Crippen LogP contribution in [0, 0.1) is 13.8 Å². The molecule has 0 aliphatic rings. The quantitative estimate of drug-likeness (QED) is 0.661. The highest BCUT2D eigenvalue weighted by molar-refractivity contribution is 9.10. The lowest BCUT2D eigenvalue weighted by atomic mass is 10.2. The molecule has 1 heterocycles. The van der Waals surface area contributed by atoms with E-state index in [4.69, 9.17) is 0 Å². The Hall–Kier alpha value is -2.73. The van der Waals surface area contributed by atoms with Gasteiger partial charge in [0.15, 0.2) is 0 Å². The van der Waals surface area contributed by atoms with Crippen LogP contribution in [0.1, 0.15) is 21.7 Å². The summed E-state index contributed by atoms with van der Waals surface area (Å²) in [5.74, 6) is 0.115. The van der Waals surface area contributed by atoms with Crippen molar-refractivity contribution in [3.8, 4) is 0 Å². The third-order valence-corrected chi connectivity index (χ3v) is 4.03. The first-order chi connectivity index (χ1) is 12.0. The molecule has 0 bridgehead atoms. The van der Waals surface area contributed by atoms with Crippen LogP contribution < -0.4 is 10.6 Å². The minimum absolute atomic E-state index is 0.278. The van der Waals surface area contributed by atoms with Gasteiger partial charge in [-0.2, -0.15) is 0 Å². The van der Waals surface area contributed by atoms with E-state index < -0.39 is 0 Å². The van der Waals surface area contributed by atoms with Gasteiger partial charge in [-0.1, -0.05) is 33.6 Å². The summed E-state index contributed by atoms with van der Waals surface area (Å²) < 4.78 is 0.952. The third kappa shape index (κ3) is 4.64. The molecule has 3 rings (SSSR count). The highest BCUT2D eigenvalue weighted by atomic mass is 79.9. The number of benzene rings is 2. The molecular weight excluding hydrogens is 380 g/mol. The minimum Gasteiger partial charge on any atom is -0.324 e. The number of halogens is 1. The van der Waals surface area contributed by atoms with Gasteiger partial charge in [0.2, 0.25) is 5.95 Å². The van der Waals surface area contributed by atoms with E-state index in [1.54, 1.807) is 6.07 Å². The number of rotatable bonds is 4. The van der Waals surface area contributed by atoms with Gasteiger partial charge in [0.1, 0.15) is 5.69 Å². The maximum Gasteiger partial charge on any atom is 0.274 e. The second-order valence-electron chi connectivity index (χ2n) is 5.67. The number of aryl methyl sites for hydroxylation is 2. The molecule has 0 spiro atoms. The van der Waals surface area contributed by atoms with E-state index in [2.05, 4.69) is 36.5 Å². The molecule has 3 aromatic rings. The number of anilines is 3. The smallest absolute Gasteiger partial charge is 0.274 e. The Morgan fingerprint density at radius 3 is 2.24 bits per heavy atom. The maximum absolute atomic E-state index is 12.5. The summed E-state index contributed by atoms with van der Waals surface area (Å²) in [6.07, 6.45) is 0. The van der Waals surface area contributed by atoms with Crippen LogP contribution >= 0.6 is 15.9 Å². The first-order valence-corrected chi connectivity index (χ1v) is 8.55. The molecule has 2 aromatic carbocycles. The van der Waals surface area contributed by atoms with Gasteiger partial charge < -0.3 is 10.6 Å². The van der Waals surface area contributed by atoms with Crippen molar-refractivity contribution in [1.29, 1.82) is 0 Å². The van der Waals surface area contributed by atoms with Crippen molar-refractivity contribution >= 4 is 39.2 Å². The van der Waals surface area contributed by atoms with Crippen LogP contribution in [0.5, 0.6) is 0 Å². The Labute approximate surface area is 154 Å². The van der Waals surface area contributed by atoms with Crippen LogP contribution in [0.25, 0.3) is 0 Å². The molecule has 0 atom stereocenters. The molecule has 0 fully saturated rings. The fourth-order valence-corrected chi connectivity index (χ4v) is 2.50. The molecule has 2 N–H and O–H groups in total. The predicted octanol–water partition coefficient (Wildman–Crippen LogP) is 4.85. The number of amides is 1. The van der Waals surface area contributed by atoms with E-state index in [0.717, 1.165) is 10.2 Å². The number of carbonyl (C=O) groups is 1. The van der Waals surface area contributed by atoms with Crippen molar-refractivity contribution in [3.05, 3.63) is 76.0 Å². The SMILES string of the molecule is Cc1ccc(Nc2nc(C)cc(C(=O)Nc3ccc(Br)cc3)n2)cc1. The number of nitrogens with zero attached hydrogens (tertiary/aromatic N) is 2. The zero-order chi connectivity index (χ0) is 17.8. The normalized spacial score (nSPS) is 10.4. The highest BCUT2D eigenvalue weighted by Gasteiger charge is 2.11. The molecule has 126 valence electrons. The Balaban J connectivity index is 1.79. The van der Waals surface area contributed by atoms with E-state index in [0.29, 0.717) is 23.0 Å². The molecular formula is C19H17BrN4O. The lowest BCUT2D eigenvalue weighted by molar-refractivity contribution is 0.102. The lowest BCUT2D eigenvalue weighted by Gasteiger charge is -2.09. The van der Waals surface area contributed by atoms with Crippen LogP contribution in [0.2, 0.25) is 0 Å².